The van der Waals surface area contributed by atoms with E-state index in [1.54, 1.807) is 20.8 Å². The van der Waals surface area contributed by atoms with Crippen molar-refractivity contribution in [1.82, 2.24) is 9.88 Å². The highest BCUT2D eigenvalue weighted by Crippen LogP contribution is 2.20. The van der Waals surface area contributed by atoms with Crippen LogP contribution in [0.25, 0.3) is 10.9 Å². The average molecular weight is 368 g/mol. The van der Waals surface area contributed by atoms with Gasteiger partial charge in [-0.15, -0.1) is 0 Å². The summed E-state index contributed by atoms with van der Waals surface area (Å²) in [5.74, 6) is -0.404. The number of aromatic nitrogens is 1. The first-order chi connectivity index (χ1) is 11.6. The summed E-state index contributed by atoms with van der Waals surface area (Å²) in [6.45, 7) is 5.75. The molecule has 0 aliphatic carbocycles. The van der Waals surface area contributed by atoms with Crippen LogP contribution in [0.15, 0.2) is 30.5 Å². The SMILES string of the molecule is CC(C)(C)OC(=O)N(CCCS(=O)(=O)O)Cc1cccc2cc[nH]c12. The summed E-state index contributed by atoms with van der Waals surface area (Å²) in [5.41, 5.74) is 1.17. The zero-order valence-electron chi connectivity index (χ0n) is 14.7. The Morgan fingerprint density at radius 3 is 2.64 bits per heavy atom. The minimum Gasteiger partial charge on any atom is -0.444 e. The number of amides is 1. The predicted molar refractivity (Wildman–Crippen MR) is 96.0 cm³/mol. The molecule has 0 aliphatic heterocycles. The Kier molecular flexibility index (Phi) is 5.74. The van der Waals surface area contributed by atoms with E-state index in [1.807, 2.05) is 30.5 Å². The summed E-state index contributed by atoms with van der Waals surface area (Å²) in [6.07, 6.45) is 1.43. The Bertz CT molecular complexity index is 836. The Morgan fingerprint density at radius 2 is 2.00 bits per heavy atom. The lowest BCUT2D eigenvalue weighted by molar-refractivity contribution is 0.0234. The largest absolute Gasteiger partial charge is 0.444 e. The molecule has 0 saturated carbocycles. The van der Waals surface area contributed by atoms with Gasteiger partial charge in [-0.05, 0) is 44.2 Å². The molecule has 0 bridgehead atoms. The lowest BCUT2D eigenvalue weighted by Crippen LogP contribution is -2.37. The van der Waals surface area contributed by atoms with Gasteiger partial charge in [0.2, 0.25) is 0 Å². The lowest BCUT2D eigenvalue weighted by Gasteiger charge is -2.27. The van der Waals surface area contributed by atoms with Gasteiger partial charge in [0, 0.05) is 12.7 Å². The molecule has 2 aromatic rings. The molecule has 0 spiro atoms. The fraction of sp³-hybridized carbons (Fsp3) is 0.471. The van der Waals surface area contributed by atoms with Crippen LogP contribution in [0.4, 0.5) is 4.79 Å². The number of hydrogen-bond donors (Lipinski definition) is 2. The third kappa shape index (κ3) is 6.06. The molecule has 25 heavy (non-hydrogen) atoms. The van der Waals surface area contributed by atoms with Gasteiger partial charge in [-0.2, -0.15) is 8.42 Å². The topological polar surface area (TPSA) is 99.7 Å². The molecule has 0 fully saturated rings. The zero-order valence-corrected chi connectivity index (χ0v) is 15.5. The van der Waals surface area contributed by atoms with E-state index in [-0.39, 0.29) is 19.5 Å². The van der Waals surface area contributed by atoms with Gasteiger partial charge in [-0.25, -0.2) is 4.79 Å². The Balaban J connectivity index is 2.18. The van der Waals surface area contributed by atoms with E-state index in [4.69, 9.17) is 9.29 Å². The molecule has 1 aromatic carbocycles. The van der Waals surface area contributed by atoms with Crippen molar-refractivity contribution in [2.24, 2.45) is 0 Å². The summed E-state index contributed by atoms with van der Waals surface area (Å²) in [7, 11) is -4.06. The zero-order chi connectivity index (χ0) is 18.7. The van der Waals surface area contributed by atoms with Crippen molar-refractivity contribution in [3.63, 3.8) is 0 Å². The van der Waals surface area contributed by atoms with E-state index in [1.165, 1.54) is 4.90 Å². The molecule has 1 aromatic heterocycles. The van der Waals surface area contributed by atoms with Gasteiger partial charge in [-0.1, -0.05) is 18.2 Å². The van der Waals surface area contributed by atoms with E-state index in [0.29, 0.717) is 0 Å². The van der Waals surface area contributed by atoms with Crippen LogP contribution in [0.1, 0.15) is 32.8 Å². The molecule has 7 nitrogen and oxygen atoms in total. The van der Waals surface area contributed by atoms with Crippen LogP contribution >= 0.6 is 0 Å². The summed E-state index contributed by atoms with van der Waals surface area (Å²) in [6, 6.07) is 7.70. The highest BCUT2D eigenvalue weighted by molar-refractivity contribution is 7.85. The van der Waals surface area contributed by atoms with Crippen LogP contribution in [0, 0.1) is 0 Å². The number of fused-ring (bicyclic) bond motifs is 1. The van der Waals surface area contributed by atoms with E-state index in [0.717, 1.165) is 16.5 Å². The van der Waals surface area contributed by atoms with Crippen molar-refractivity contribution < 1.29 is 22.5 Å². The number of H-pyrrole nitrogens is 1. The van der Waals surface area contributed by atoms with Gasteiger partial charge in [0.1, 0.15) is 5.60 Å². The highest BCUT2D eigenvalue weighted by Gasteiger charge is 2.23. The van der Waals surface area contributed by atoms with Crippen molar-refractivity contribution >= 4 is 27.1 Å². The Labute approximate surface area is 147 Å². The summed E-state index contributed by atoms with van der Waals surface area (Å²) in [5, 5.41) is 1.03. The number of nitrogens with one attached hydrogen (secondary N) is 1. The first-order valence-electron chi connectivity index (χ1n) is 8.03. The smallest absolute Gasteiger partial charge is 0.410 e. The monoisotopic (exact) mass is 368 g/mol. The van der Waals surface area contributed by atoms with Crippen LogP contribution < -0.4 is 0 Å². The molecule has 138 valence electrons. The molecule has 0 aliphatic rings. The normalized spacial score (nSPS) is 12.3. The fourth-order valence-electron chi connectivity index (χ4n) is 2.49. The van der Waals surface area contributed by atoms with Crippen molar-refractivity contribution in [3.05, 3.63) is 36.0 Å². The molecule has 0 unspecified atom stereocenters. The van der Waals surface area contributed by atoms with Crippen LogP contribution in [-0.2, 0) is 21.4 Å². The Hall–Kier alpha value is -2.06. The first kappa shape index (κ1) is 19.3. The Morgan fingerprint density at radius 1 is 1.28 bits per heavy atom. The number of carbonyl (C=O) groups excluding carboxylic acids is 1. The number of aromatic amines is 1. The third-order valence-electron chi connectivity index (χ3n) is 3.52. The molecule has 1 heterocycles. The standard InChI is InChI=1S/C17H24N2O5S/c1-17(2,3)24-16(20)19(10-5-11-25(21,22)23)12-14-7-4-6-13-8-9-18-15(13)14/h4,6-9,18H,5,10-12H2,1-3H3,(H,21,22,23). The van der Waals surface area contributed by atoms with Gasteiger partial charge in [0.25, 0.3) is 10.1 Å². The minimum atomic E-state index is -4.06. The third-order valence-corrected chi connectivity index (χ3v) is 4.32. The minimum absolute atomic E-state index is 0.124. The number of ether oxygens (including phenoxy) is 1. The maximum absolute atomic E-state index is 12.5. The number of hydrogen-bond acceptors (Lipinski definition) is 4. The molecular weight excluding hydrogens is 344 g/mol. The summed E-state index contributed by atoms with van der Waals surface area (Å²) in [4.78, 5) is 17.1. The predicted octanol–water partition coefficient (Wildman–Crippen LogP) is 3.18. The molecule has 0 atom stereocenters. The summed E-state index contributed by atoms with van der Waals surface area (Å²) < 4.78 is 36.2. The number of carbonyl (C=O) groups is 1. The van der Waals surface area contributed by atoms with Crippen molar-refractivity contribution in [3.8, 4) is 0 Å². The molecule has 0 radical (unpaired) electrons. The quantitative estimate of drug-likeness (QED) is 0.763. The average Bonchev–Trinajstić information content (AvgIpc) is 2.92. The van der Waals surface area contributed by atoms with E-state index < -0.39 is 27.6 Å². The van der Waals surface area contributed by atoms with Crippen LogP contribution in [0.2, 0.25) is 0 Å². The van der Waals surface area contributed by atoms with Crippen LogP contribution in [0.3, 0.4) is 0 Å². The molecule has 8 heteroatoms. The second-order valence-corrected chi connectivity index (χ2v) is 8.47. The maximum atomic E-state index is 12.5. The first-order valence-corrected chi connectivity index (χ1v) is 9.64. The maximum Gasteiger partial charge on any atom is 0.410 e. The number of para-hydroxylation sites is 1. The van der Waals surface area contributed by atoms with Gasteiger partial charge in [0.05, 0.1) is 17.8 Å². The summed E-state index contributed by atoms with van der Waals surface area (Å²) >= 11 is 0. The van der Waals surface area contributed by atoms with Gasteiger partial charge in [0.15, 0.2) is 0 Å². The highest BCUT2D eigenvalue weighted by atomic mass is 32.2. The molecule has 0 saturated heterocycles. The molecular formula is C17H24N2O5S. The molecule has 1 amide bonds. The van der Waals surface area contributed by atoms with Gasteiger partial charge in [-0.3, -0.25) is 4.55 Å². The van der Waals surface area contributed by atoms with Crippen LogP contribution in [0.5, 0.6) is 0 Å². The number of nitrogens with zero attached hydrogens (tertiary/aromatic N) is 1. The van der Waals surface area contributed by atoms with Crippen molar-refractivity contribution in [2.45, 2.75) is 39.3 Å². The fourth-order valence-corrected chi connectivity index (χ4v) is 2.98. The van der Waals surface area contributed by atoms with E-state index in [2.05, 4.69) is 4.98 Å². The second-order valence-electron chi connectivity index (χ2n) is 6.90. The molecule has 2 N–H and O–H groups in total. The number of rotatable bonds is 6. The van der Waals surface area contributed by atoms with E-state index in [9.17, 15) is 13.2 Å². The van der Waals surface area contributed by atoms with Crippen molar-refractivity contribution in [2.75, 3.05) is 12.3 Å². The molecule has 2 rings (SSSR count). The lowest BCUT2D eigenvalue weighted by atomic mass is 10.1. The second kappa shape index (κ2) is 7.45. The van der Waals surface area contributed by atoms with Gasteiger partial charge < -0.3 is 14.6 Å². The number of benzene rings is 1. The van der Waals surface area contributed by atoms with Crippen molar-refractivity contribution in [1.29, 1.82) is 0 Å². The van der Waals surface area contributed by atoms with Crippen LogP contribution in [-0.4, -0.2) is 46.8 Å². The van der Waals surface area contributed by atoms with Gasteiger partial charge >= 0.3 is 6.09 Å². The van der Waals surface area contributed by atoms with E-state index >= 15 is 0 Å².